The fraction of sp³-hybridized carbons (Fsp3) is 0.0370. The van der Waals surface area contributed by atoms with Crippen molar-refractivity contribution in [3.63, 3.8) is 0 Å². The molecule has 0 amide bonds. The van der Waals surface area contributed by atoms with Gasteiger partial charge in [-0.2, -0.15) is 0 Å². The van der Waals surface area contributed by atoms with Gasteiger partial charge in [-0.25, -0.2) is 0 Å². The minimum absolute atomic E-state index is 1.13. The number of benzene rings is 9. The maximum absolute atomic E-state index is 2.35. The zero-order chi connectivity index (χ0) is 37.1. The molecule has 0 saturated carbocycles. The molecule has 0 unspecified atom stereocenters. The van der Waals surface area contributed by atoms with Gasteiger partial charge in [-0.15, -0.1) is 0 Å². The van der Waals surface area contributed by atoms with Gasteiger partial charge in [0.05, 0.1) is 0 Å². The Hall–Kier alpha value is -6.96. The molecule has 0 N–H and O–H groups in total. The van der Waals surface area contributed by atoms with Gasteiger partial charge < -0.3 is 4.90 Å². The minimum atomic E-state index is 1.13. The number of hydrogen-bond donors (Lipinski definition) is 0. The van der Waals surface area contributed by atoms with Gasteiger partial charge in [0.2, 0.25) is 0 Å². The van der Waals surface area contributed by atoms with Gasteiger partial charge in [0, 0.05) is 17.1 Å². The van der Waals surface area contributed by atoms with Gasteiger partial charge in [-0.1, -0.05) is 176 Å². The van der Waals surface area contributed by atoms with Crippen LogP contribution in [0.4, 0.5) is 17.1 Å². The lowest BCUT2D eigenvalue weighted by Crippen LogP contribution is -2.10. The van der Waals surface area contributed by atoms with Crippen molar-refractivity contribution in [2.75, 3.05) is 4.90 Å². The third-order valence-electron chi connectivity index (χ3n) is 10.6. The first-order chi connectivity index (χ1) is 27.1. The van der Waals surface area contributed by atoms with Crippen LogP contribution >= 0.6 is 0 Å². The molecule has 0 radical (unpaired) electrons. The molecule has 1 heteroatoms. The van der Waals surface area contributed by atoms with Crippen LogP contribution < -0.4 is 4.90 Å². The zero-order valence-corrected chi connectivity index (χ0v) is 31.2. The molecule has 0 atom stereocenters. The van der Waals surface area contributed by atoms with Gasteiger partial charge in [0.25, 0.3) is 0 Å². The fourth-order valence-electron chi connectivity index (χ4n) is 7.88. The van der Waals surface area contributed by atoms with Crippen LogP contribution in [0.25, 0.3) is 67.1 Å². The highest BCUT2D eigenvalue weighted by Crippen LogP contribution is 2.44. The summed E-state index contributed by atoms with van der Waals surface area (Å²) in [5.41, 5.74) is 15.7. The maximum Gasteiger partial charge on any atom is 0.0464 e. The van der Waals surface area contributed by atoms with Crippen molar-refractivity contribution in [1.29, 1.82) is 0 Å². The summed E-state index contributed by atoms with van der Waals surface area (Å²) in [5, 5.41) is 5.01. The summed E-state index contributed by atoms with van der Waals surface area (Å²) >= 11 is 0. The predicted octanol–water partition coefficient (Wildman–Crippen LogP) is 15.3. The number of aryl methyl sites for hydroxylation is 2. The highest BCUT2D eigenvalue weighted by Gasteiger charge is 2.18. The molecule has 262 valence electrons. The summed E-state index contributed by atoms with van der Waals surface area (Å²) in [6.45, 7) is 4.30. The molecular weight excluding hydrogens is 663 g/mol. The Kier molecular flexibility index (Phi) is 9.12. The van der Waals surface area contributed by atoms with Crippen LogP contribution in [0.1, 0.15) is 22.3 Å². The van der Waals surface area contributed by atoms with Crippen molar-refractivity contribution in [1.82, 2.24) is 0 Å². The minimum Gasteiger partial charge on any atom is -0.310 e. The molecule has 0 heterocycles. The number of anilines is 3. The lowest BCUT2D eigenvalue weighted by Gasteiger charge is -2.26. The largest absolute Gasteiger partial charge is 0.310 e. The highest BCUT2D eigenvalue weighted by atomic mass is 15.1. The van der Waals surface area contributed by atoms with Gasteiger partial charge in [-0.3, -0.25) is 0 Å². The van der Waals surface area contributed by atoms with Crippen molar-refractivity contribution in [3.8, 4) is 33.4 Å². The molecule has 9 aromatic carbocycles. The van der Waals surface area contributed by atoms with Crippen LogP contribution in [0, 0.1) is 13.8 Å². The second-order valence-electron chi connectivity index (χ2n) is 14.3. The topological polar surface area (TPSA) is 3.24 Å². The number of fused-ring (bicyclic) bond motifs is 2. The average molecular weight is 704 g/mol. The normalized spacial score (nSPS) is 11.4. The van der Waals surface area contributed by atoms with E-state index < -0.39 is 0 Å². The third kappa shape index (κ3) is 6.85. The summed E-state index contributed by atoms with van der Waals surface area (Å²) in [6, 6.07) is 72.6. The number of rotatable bonds is 8. The van der Waals surface area contributed by atoms with Crippen LogP contribution in [0.3, 0.4) is 0 Å². The second kappa shape index (κ2) is 14.8. The number of nitrogens with zero attached hydrogens (tertiary/aromatic N) is 1. The van der Waals surface area contributed by atoms with E-state index in [0.717, 1.165) is 17.1 Å². The summed E-state index contributed by atoms with van der Waals surface area (Å²) in [7, 11) is 0. The lowest BCUT2D eigenvalue weighted by molar-refractivity contribution is 1.26. The van der Waals surface area contributed by atoms with Crippen molar-refractivity contribution in [2.45, 2.75) is 13.8 Å². The smallest absolute Gasteiger partial charge is 0.0464 e. The van der Waals surface area contributed by atoms with Gasteiger partial charge in [-0.05, 0) is 127 Å². The van der Waals surface area contributed by atoms with Crippen molar-refractivity contribution in [2.24, 2.45) is 0 Å². The van der Waals surface area contributed by atoms with Crippen LogP contribution in [0.15, 0.2) is 200 Å². The molecule has 0 aliphatic carbocycles. The quantitative estimate of drug-likeness (QED) is 0.112. The van der Waals surface area contributed by atoms with Crippen LogP contribution in [-0.4, -0.2) is 0 Å². The first-order valence-corrected chi connectivity index (χ1v) is 19.0. The highest BCUT2D eigenvalue weighted by molar-refractivity contribution is 6.21. The Morgan fingerprint density at radius 3 is 1.13 bits per heavy atom. The molecule has 0 aromatic heterocycles. The molecule has 1 nitrogen and oxygen atoms in total. The van der Waals surface area contributed by atoms with E-state index in [1.807, 2.05) is 0 Å². The summed E-state index contributed by atoms with van der Waals surface area (Å²) in [6.07, 6.45) is 4.39. The fourth-order valence-corrected chi connectivity index (χ4v) is 7.88. The van der Waals surface area contributed by atoms with Crippen LogP contribution in [0.2, 0.25) is 0 Å². The van der Waals surface area contributed by atoms with Crippen molar-refractivity contribution in [3.05, 3.63) is 222 Å². The van der Waals surface area contributed by atoms with Crippen molar-refractivity contribution >= 4 is 50.8 Å². The average Bonchev–Trinajstić information content (AvgIpc) is 3.23. The third-order valence-corrected chi connectivity index (χ3v) is 10.6. The molecular formula is C54H41N. The molecule has 0 bridgehead atoms. The van der Waals surface area contributed by atoms with E-state index in [9.17, 15) is 0 Å². The Labute approximate surface area is 324 Å². The monoisotopic (exact) mass is 703 g/mol. The Morgan fingerprint density at radius 1 is 0.309 bits per heavy atom. The van der Waals surface area contributed by atoms with Gasteiger partial charge in [0.1, 0.15) is 0 Å². The first kappa shape index (κ1) is 33.8. The van der Waals surface area contributed by atoms with Crippen LogP contribution in [0.5, 0.6) is 0 Å². The molecule has 9 rings (SSSR count). The van der Waals surface area contributed by atoms with Crippen LogP contribution in [-0.2, 0) is 0 Å². The van der Waals surface area contributed by atoms with Gasteiger partial charge >= 0.3 is 0 Å². The molecule has 0 aliphatic heterocycles. The second-order valence-corrected chi connectivity index (χ2v) is 14.3. The Bertz CT molecular complexity index is 2690. The van der Waals surface area contributed by atoms with Crippen molar-refractivity contribution < 1.29 is 0 Å². The van der Waals surface area contributed by atoms with E-state index in [-0.39, 0.29) is 0 Å². The number of hydrogen-bond acceptors (Lipinski definition) is 1. The summed E-state index contributed by atoms with van der Waals surface area (Å²) < 4.78 is 0. The Morgan fingerprint density at radius 2 is 0.691 bits per heavy atom. The SMILES string of the molecule is Cc1cccc(N(c2ccc(-c3c4ccccc4c(-c4ccc(/C=C/c5ccc(-c6ccccc6)cc5)cc4)c4ccccc34)cc2)c2cccc(C)c2)c1. The molecule has 55 heavy (non-hydrogen) atoms. The Balaban J connectivity index is 1.07. The standard InChI is InChI=1S/C54H41N/c1-38-12-10-16-47(36-38)55(48-17-11-13-39(2)37-48)46-34-32-45(33-35-46)54-51-20-8-6-18-49(51)53(50-19-7-9-21-52(50)54)44-30-26-41(27-31-44)23-22-40-24-28-43(29-25-40)42-14-4-3-5-15-42/h3-37H,1-2H3/b23-22+. The molecule has 9 aromatic rings. The van der Waals surface area contributed by atoms with E-state index >= 15 is 0 Å². The van der Waals surface area contributed by atoms with E-state index in [2.05, 4.69) is 231 Å². The van der Waals surface area contributed by atoms with E-state index in [1.54, 1.807) is 0 Å². The molecule has 0 spiro atoms. The van der Waals surface area contributed by atoms with E-state index in [4.69, 9.17) is 0 Å². The van der Waals surface area contributed by atoms with E-state index in [1.165, 1.54) is 77.2 Å². The lowest BCUT2D eigenvalue weighted by atomic mass is 9.86. The predicted molar refractivity (Wildman–Crippen MR) is 237 cm³/mol. The van der Waals surface area contributed by atoms with E-state index in [0.29, 0.717) is 0 Å². The summed E-state index contributed by atoms with van der Waals surface area (Å²) in [5.74, 6) is 0. The molecule has 0 fully saturated rings. The molecule has 0 aliphatic rings. The zero-order valence-electron chi connectivity index (χ0n) is 31.2. The molecule has 0 saturated heterocycles. The van der Waals surface area contributed by atoms with Gasteiger partial charge in [0.15, 0.2) is 0 Å². The summed E-state index contributed by atoms with van der Waals surface area (Å²) in [4.78, 5) is 2.35. The first-order valence-electron chi connectivity index (χ1n) is 19.0. The maximum atomic E-state index is 2.35.